The third kappa shape index (κ3) is 4.34. The van der Waals surface area contributed by atoms with Gasteiger partial charge in [-0.2, -0.15) is 0 Å². The van der Waals surface area contributed by atoms with Gasteiger partial charge in [0.15, 0.2) is 0 Å². The Morgan fingerprint density at radius 2 is 2.20 bits per heavy atom. The molecule has 1 N–H and O–H groups in total. The van der Waals surface area contributed by atoms with Crippen molar-refractivity contribution in [2.75, 3.05) is 5.75 Å². The Morgan fingerprint density at radius 3 is 2.73 bits per heavy atom. The highest BCUT2D eigenvalue weighted by Gasteiger charge is 2.15. The van der Waals surface area contributed by atoms with Gasteiger partial charge in [-0.3, -0.25) is 0 Å². The van der Waals surface area contributed by atoms with Crippen molar-refractivity contribution in [3.05, 3.63) is 29.8 Å². The molecule has 4 heteroatoms. The molecule has 0 aromatic heterocycles. The van der Waals surface area contributed by atoms with Gasteiger partial charge in [-0.25, -0.2) is 9.18 Å². The lowest BCUT2D eigenvalue weighted by atomic mass is 10.2. The molecule has 0 aliphatic rings. The van der Waals surface area contributed by atoms with Gasteiger partial charge in [-0.1, -0.05) is 6.07 Å². The van der Waals surface area contributed by atoms with E-state index in [1.165, 1.54) is 31.7 Å². The molecule has 0 aliphatic carbocycles. The minimum atomic E-state index is -1.25. The summed E-state index contributed by atoms with van der Waals surface area (Å²) in [4.78, 5) is 11.4. The molecule has 0 saturated carbocycles. The monoisotopic (exact) mass is 228 g/mol. The van der Waals surface area contributed by atoms with Crippen molar-refractivity contribution >= 4 is 17.7 Å². The van der Waals surface area contributed by atoms with E-state index in [0.29, 0.717) is 5.75 Å². The van der Waals surface area contributed by atoms with Crippen molar-refractivity contribution in [3.8, 4) is 0 Å². The van der Waals surface area contributed by atoms with Crippen LogP contribution in [0.5, 0.6) is 0 Å². The summed E-state index contributed by atoms with van der Waals surface area (Å²) in [6.07, 6.45) is 0. The lowest BCUT2D eigenvalue weighted by molar-refractivity contribution is 0.0696. The van der Waals surface area contributed by atoms with Gasteiger partial charge in [0.2, 0.25) is 0 Å². The average molecular weight is 228 g/mol. The summed E-state index contributed by atoms with van der Waals surface area (Å²) in [5.41, 5.74) is -1.01. The number of aromatic carboxylic acids is 1. The summed E-state index contributed by atoms with van der Waals surface area (Å²) in [5.74, 6) is -0.646. The second-order valence-electron chi connectivity index (χ2n) is 3.84. The van der Waals surface area contributed by atoms with Gasteiger partial charge < -0.3 is 5.11 Å². The number of hydrogen-bond acceptors (Lipinski definition) is 2. The van der Waals surface area contributed by atoms with Crippen LogP contribution in [0.15, 0.2) is 29.2 Å². The van der Waals surface area contributed by atoms with Crippen LogP contribution in [0.1, 0.15) is 24.2 Å². The zero-order chi connectivity index (χ0) is 11.5. The summed E-state index contributed by atoms with van der Waals surface area (Å²) in [7, 11) is 0. The number of carboxylic acids is 1. The summed E-state index contributed by atoms with van der Waals surface area (Å²) >= 11 is 1.32. The first-order chi connectivity index (χ1) is 6.88. The summed E-state index contributed by atoms with van der Waals surface area (Å²) in [6.45, 7) is 3.00. The molecular weight excluding hydrogens is 215 g/mol. The van der Waals surface area contributed by atoms with Crippen LogP contribution in [-0.4, -0.2) is 22.5 Å². The Hall–Kier alpha value is -1.03. The van der Waals surface area contributed by atoms with Crippen molar-refractivity contribution in [1.29, 1.82) is 0 Å². The summed E-state index contributed by atoms with van der Waals surface area (Å²) in [5, 5.41) is 8.75. The molecule has 0 bridgehead atoms. The molecule has 0 radical (unpaired) electrons. The maximum atomic E-state index is 13.2. The smallest absolute Gasteiger partial charge is 0.335 e. The molecule has 1 aromatic rings. The first kappa shape index (κ1) is 12.0. The Labute approximate surface area is 92.5 Å². The zero-order valence-corrected chi connectivity index (χ0v) is 9.47. The lowest BCUT2D eigenvalue weighted by Gasteiger charge is -2.12. The van der Waals surface area contributed by atoms with E-state index in [1.807, 2.05) is 0 Å². The number of rotatable bonds is 4. The van der Waals surface area contributed by atoms with E-state index in [9.17, 15) is 9.18 Å². The second-order valence-corrected chi connectivity index (χ2v) is 4.89. The maximum Gasteiger partial charge on any atom is 0.335 e. The van der Waals surface area contributed by atoms with Gasteiger partial charge in [-0.15, -0.1) is 11.8 Å². The Kier molecular flexibility index (Phi) is 3.74. The van der Waals surface area contributed by atoms with Crippen molar-refractivity contribution in [1.82, 2.24) is 0 Å². The second kappa shape index (κ2) is 4.66. The molecule has 0 spiro atoms. The molecule has 0 fully saturated rings. The minimum Gasteiger partial charge on any atom is -0.478 e. The molecule has 0 saturated heterocycles. The summed E-state index contributed by atoms with van der Waals surface area (Å²) in [6, 6.07) is 6.52. The zero-order valence-electron chi connectivity index (χ0n) is 8.66. The molecule has 0 atom stereocenters. The van der Waals surface area contributed by atoms with Crippen LogP contribution in [0, 0.1) is 0 Å². The van der Waals surface area contributed by atoms with Crippen LogP contribution < -0.4 is 0 Å². The molecule has 1 rings (SSSR count). The van der Waals surface area contributed by atoms with E-state index in [4.69, 9.17) is 5.11 Å². The van der Waals surface area contributed by atoms with Crippen LogP contribution >= 0.6 is 11.8 Å². The van der Waals surface area contributed by atoms with E-state index in [0.717, 1.165) is 4.90 Å². The third-order valence-electron chi connectivity index (χ3n) is 1.66. The van der Waals surface area contributed by atoms with Gasteiger partial charge >= 0.3 is 5.97 Å². The largest absolute Gasteiger partial charge is 0.478 e. The highest BCUT2D eigenvalue weighted by molar-refractivity contribution is 7.99. The quantitative estimate of drug-likeness (QED) is 0.804. The molecular formula is C11H13FO2S. The number of halogens is 1. The van der Waals surface area contributed by atoms with Crippen LogP contribution in [0.25, 0.3) is 0 Å². The SMILES string of the molecule is CC(C)(F)CSc1cccc(C(=O)O)c1. The summed E-state index contributed by atoms with van der Waals surface area (Å²) < 4.78 is 13.2. The Balaban J connectivity index is 2.70. The fraction of sp³-hybridized carbons (Fsp3) is 0.364. The van der Waals surface area contributed by atoms with Crippen LogP contribution in [-0.2, 0) is 0 Å². The van der Waals surface area contributed by atoms with E-state index in [-0.39, 0.29) is 5.56 Å². The lowest BCUT2D eigenvalue weighted by Crippen LogP contribution is -2.14. The maximum absolute atomic E-state index is 13.2. The minimum absolute atomic E-state index is 0.233. The average Bonchev–Trinajstić information content (AvgIpc) is 2.14. The van der Waals surface area contributed by atoms with Crippen LogP contribution in [0.4, 0.5) is 4.39 Å². The van der Waals surface area contributed by atoms with E-state index in [1.54, 1.807) is 18.2 Å². The predicted octanol–water partition coefficient (Wildman–Crippen LogP) is 3.23. The number of thioether (sulfide) groups is 1. The highest BCUT2D eigenvalue weighted by atomic mass is 32.2. The van der Waals surface area contributed by atoms with Crippen molar-refractivity contribution in [3.63, 3.8) is 0 Å². The number of carbonyl (C=O) groups is 1. The third-order valence-corrected chi connectivity index (χ3v) is 3.08. The number of alkyl halides is 1. The molecule has 2 nitrogen and oxygen atoms in total. The molecule has 1 aromatic carbocycles. The standard InChI is InChI=1S/C11H13FO2S/c1-11(2,12)7-15-9-5-3-4-8(6-9)10(13)14/h3-6H,7H2,1-2H3,(H,13,14). The number of carboxylic acid groups (broad SMARTS) is 1. The molecule has 0 aliphatic heterocycles. The van der Waals surface area contributed by atoms with Gasteiger partial charge in [0.05, 0.1) is 5.56 Å². The van der Waals surface area contributed by atoms with Crippen LogP contribution in [0.2, 0.25) is 0 Å². The fourth-order valence-corrected chi connectivity index (χ4v) is 1.87. The van der Waals surface area contributed by atoms with Crippen molar-refractivity contribution in [2.24, 2.45) is 0 Å². The van der Waals surface area contributed by atoms with E-state index >= 15 is 0 Å². The van der Waals surface area contributed by atoms with Gasteiger partial charge in [0.1, 0.15) is 5.67 Å². The molecule has 15 heavy (non-hydrogen) atoms. The van der Waals surface area contributed by atoms with Crippen molar-refractivity contribution < 1.29 is 14.3 Å². The first-order valence-corrected chi connectivity index (χ1v) is 5.52. The Bertz CT molecular complexity index is 358. The van der Waals surface area contributed by atoms with Gasteiger partial charge in [-0.05, 0) is 32.0 Å². The first-order valence-electron chi connectivity index (χ1n) is 4.53. The van der Waals surface area contributed by atoms with Gasteiger partial charge in [0.25, 0.3) is 0 Å². The number of benzene rings is 1. The normalized spacial score (nSPS) is 11.4. The predicted molar refractivity (Wildman–Crippen MR) is 59.3 cm³/mol. The number of hydrogen-bond donors (Lipinski definition) is 1. The van der Waals surface area contributed by atoms with E-state index in [2.05, 4.69) is 0 Å². The van der Waals surface area contributed by atoms with Crippen molar-refractivity contribution in [2.45, 2.75) is 24.4 Å². The molecule has 0 heterocycles. The highest BCUT2D eigenvalue weighted by Crippen LogP contribution is 2.25. The Morgan fingerprint density at radius 1 is 1.53 bits per heavy atom. The fourth-order valence-electron chi connectivity index (χ4n) is 0.974. The molecule has 82 valence electrons. The molecule has 0 amide bonds. The van der Waals surface area contributed by atoms with E-state index < -0.39 is 11.6 Å². The van der Waals surface area contributed by atoms with Crippen LogP contribution in [0.3, 0.4) is 0 Å². The van der Waals surface area contributed by atoms with Gasteiger partial charge in [0, 0.05) is 10.6 Å². The molecule has 0 unspecified atom stereocenters. The topological polar surface area (TPSA) is 37.3 Å².